The van der Waals surface area contributed by atoms with Crippen LogP contribution < -0.4 is 5.73 Å². The van der Waals surface area contributed by atoms with Gasteiger partial charge in [0.05, 0.1) is 18.2 Å². The van der Waals surface area contributed by atoms with Crippen LogP contribution in [0.4, 0.5) is 4.79 Å². The molecule has 0 aromatic rings. The van der Waals surface area contributed by atoms with Gasteiger partial charge in [-0.1, -0.05) is 5.92 Å². The Morgan fingerprint density at radius 2 is 1.69 bits per heavy atom. The summed E-state index contributed by atoms with van der Waals surface area (Å²) in [5.41, 5.74) is 6.36. The number of piperidine rings is 1. The van der Waals surface area contributed by atoms with Crippen LogP contribution in [0.1, 0.15) is 38.5 Å². The Balaban J connectivity index is 1.71. The number of rotatable bonds is 2. The first-order chi connectivity index (χ1) is 12.4. The van der Waals surface area contributed by atoms with Crippen molar-refractivity contribution < 1.29 is 9.59 Å². The van der Waals surface area contributed by atoms with Crippen LogP contribution in [0.2, 0.25) is 0 Å². The number of likely N-dealkylation sites (tertiary alicyclic amines) is 1. The van der Waals surface area contributed by atoms with Crippen molar-refractivity contribution in [2.45, 2.75) is 68.7 Å². The van der Waals surface area contributed by atoms with Crippen LogP contribution in [0.5, 0.6) is 0 Å². The van der Waals surface area contributed by atoms with Gasteiger partial charge in [0.15, 0.2) is 0 Å². The van der Waals surface area contributed by atoms with Gasteiger partial charge in [-0.05, 0) is 44.4 Å². The zero-order valence-electron chi connectivity index (χ0n) is 15.5. The topological polar surface area (TPSA) is 93.7 Å². The summed E-state index contributed by atoms with van der Waals surface area (Å²) in [5, 5.41) is 9.33. The van der Waals surface area contributed by atoms with Crippen molar-refractivity contribution in [3.05, 3.63) is 0 Å². The number of nitrogens with zero attached hydrogens (tertiary/aromatic N) is 4. The molecule has 3 rings (SSSR count). The first-order valence-electron chi connectivity index (χ1n) is 9.32. The van der Waals surface area contributed by atoms with E-state index in [1.807, 2.05) is 4.90 Å². The van der Waals surface area contributed by atoms with Crippen LogP contribution in [0.25, 0.3) is 0 Å². The average Bonchev–Trinajstić information content (AvgIpc) is 3.17. The fraction of sp³-hybridized carbons (Fsp3) is 0.737. The molecule has 3 heterocycles. The van der Waals surface area contributed by atoms with Gasteiger partial charge in [0.25, 0.3) is 0 Å². The van der Waals surface area contributed by atoms with Crippen molar-refractivity contribution in [3.8, 4) is 18.4 Å². The highest BCUT2D eigenvalue weighted by molar-refractivity contribution is 5.84. The molecule has 2 N–H and O–H groups in total. The maximum atomic E-state index is 13.0. The largest absolute Gasteiger partial charge is 0.331 e. The summed E-state index contributed by atoms with van der Waals surface area (Å²) >= 11 is 0. The summed E-state index contributed by atoms with van der Waals surface area (Å²) in [6.07, 6.45) is 10.2. The molecular weight excluding hydrogens is 330 g/mol. The molecule has 3 amide bonds. The van der Waals surface area contributed by atoms with E-state index in [4.69, 9.17) is 12.2 Å². The predicted octanol–water partition coefficient (Wildman–Crippen LogP) is 0.755. The molecule has 7 nitrogen and oxygen atoms in total. The third-order valence-corrected chi connectivity index (χ3v) is 6.15. The minimum Gasteiger partial charge on any atom is -0.331 e. The van der Waals surface area contributed by atoms with E-state index in [1.165, 1.54) is 4.90 Å². The fourth-order valence-corrected chi connectivity index (χ4v) is 4.84. The molecule has 0 aliphatic carbocycles. The van der Waals surface area contributed by atoms with E-state index in [9.17, 15) is 14.9 Å². The zero-order valence-corrected chi connectivity index (χ0v) is 15.5. The van der Waals surface area contributed by atoms with Crippen LogP contribution >= 0.6 is 0 Å². The van der Waals surface area contributed by atoms with Crippen molar-refractivity contribution >= 4 is 11.9 Å². The van der Waals surface area contributed by atoms with E-state index in [0.717, 1.165) is 25.7 Å². The second-order valence-corrected chi connectivity index (χ2v) is 7.88. The summed E-state index contributed by atoms with van der Waals surface area (Å²) in [4.78, 5) is 30.5. The molecule has 26 heavy (non-hydrogen) atoms. The van der Waals surface area contributed by atoms with E-state index in [1.54, 1.807) is 19.0 Å². The number of nitrogens with two attached hydrogens (primary N) is 1. The van der Waals surface area contributed by atoms with Crippen molar-refractivity contribution in [2.24, 2.45) is 11.7 Å². The highest BCUT2D eigenvalue weighted by atomic mass is 16.2. The molecule has 0 aromatic heterocycles. The van der Waals surface area contributed by atoms with Gasteiger partial charge < -0.3 is 20.4 Å². The molecule has 3 saturated heterocycles. The summed E-state index contributed by atoms with van der Waals surface area (Å²) < 4.78 is 0. The number of terminal acetylenes is 1. The molecule has 7 heteroatoms. The molecule has 3 aliphatic rings. The van der Waals surface area contributed by atoms with E-state index >= 15 is 0 Å². The Morgan fingerprint density at radius 3 is 2.19 bits per heavy atom. The minimum atomic E-state index is -0.667. The van der Waals surface area contributed by atoms with E-state index in [2.05, 4.69) is 12.0 Å². The van der Waals surface area contributed by atoms with Gasteiger partial charge in [-0.25, -0.2) is 4.79 Å². The number of carbonyl (C=O) groups is 2. The summed E-state index contributed by atoms with van der Waals surface area (Å²) in [6.45, 7) is 0. The second kappa shape index (κ2) is 7.17. The van der Waals surface area contributed by atoms with Crippen LogP contribution in [0.3, 0.4) is 0 Å². The molecule has 3 fully saturated rings. The lowest BCUT2D eigenvalue weighted by molar-refractivity contribution is -0.135. The van der Waals surface area contributed by atoms with Crippen LogP contribution in [0.15, 0.2) is 0 Å². The third kappa shape index (κ3) is 3.01. The van der Waals surface area contributed by atoms with Crippen LogP contribution in [0, 0.1) is 29.6 Å². The number of carbonyl (C=O) groups excluding carboxylic acids is 2. The second-order valence-electron chi connectivity index (χ2n) is 7.88. The molecule has 5 atom stereocenters. The molecule has 3 aliphatic heterocycles. The quantitative estimate of drug-likeness (QED) is 0.738. The van der Waals surface area contributed by atoms with Gasteiger partial charge in [-0.15, -0.1) is 6.42 Å². The Hall–Kier alpha value is -2.25. The first-order valence-corrected chi connectivity index (χ1v) is 9.32. The predicted molar refractivity (Wildman–Crippen MR) is 96.5 cm³/mol. The highest BCUT2D eigenvalue weighted by Crippen LogP contribution is 2.40. The van der Waals surface area contributed by atoms with E-state index < -0.39 is 12.1 Å². The molecule has 2 unspecified atom stereocenters. The molecular formula is C19H27N5O2. The Morgan fingerprint density at radius 1 is 1.12 bits per heavy atom. The maximum Gasteiger partial charge on any atom is 0.319 e. The van der Waals surface area contributed by atoms with Crippen LogP contribution in [-0.2, 0) is 4.79 Å². The SMILES string of the molecule is C#C[C@H]1CC[C@@H](C#N)N1C(=O)[C@@H](N)C1CC2CCC(C1)N2C(=O)N(C)C. The van der Waals surface area contributed by atoms with Crippen molar-refractivity contribution in [2.75, 3.05) is 14.1 Å². The standard InChI is InChI=1S/C19H27N5O2/c1-4-13-5-8-16(11-20)23(13)18(25)17(21)12-9-14-6-7-15(10-12)24(14)19(26)22(2)3/h1,12-17H,5-10,21H2,2-3H3/t12?,13-,14?,15?,16-,17-/m0/s1. The summed E-state index contributed by atoms with van der Waals surface area (Å²) in [7, 11) is 3.52. The maximum absolute atomic E-state index is 13.0. The van der Waals surface area contributed by atoms with Crippen molar-refractivity contribution in [1.29, 1.82) is 5.26 Å². The van der Waals surface area contributed by atoms with Crippen LogP contribution in [-0.4, -0.2) is 70.9 Å². The average molecular weight is 357 g/mol. The van der Waals surface area contributed by atoms with Gasteiger partial charge in [0.1, 0.15) is 6.04 Å². The third-order valence-electron chi connectivity index (χ3n) is 6.15. The number of nitriles is 1. The number of fused-ring (bicyclic) bond motifs is 2. The molecule has 0 aromatic carbocycles. The summed E-state index contributed by atoms with van der Waals surface area (Å²) in [5.74, 6) is 2.43. The van der Waals surface area contributed by atoms with Crippen molar-refractivity contribution in [1.82, 2.24) is 14.7 Å². The van der Waals surface area contributed by atoms with Gasteiger partial charge in [0, 0.05) is 26.2 Å². The molecule has 2 bridgehead atoms. The monoisotopic (exact) mass is 357 g/mol. The number of amides is 3. The lowest BCUT2D eigenvalue weighted by Crippen LogP contribution is -2.57. The van der Waals surface area contributed by atoms with Gasteiger partial charge in [0.2, 0.25) is 5.91 Å². The van der Waals surface area contributed by atoms with Gasteiger partial charge in [-0.2, -0.15) is 5.26 Å². The smallest absolute Gasteiger partial charge is 0.319 e. The van der Waals surface area contributed by atoms with Gasteiger partial charge >= 0.3 is 6.03 Å². The number of urea groups is 1. The molecule has 0 saturated carbocycles. The Labute approximate surface area is 155 Å². The molecule has 0 radical (unpaired) electrons. The minimum absolute atomic E-state index is 0.0181. The highest BCUT2D eigenvalue weighted by Gasteiger charge is 2.48. The number of hydrogen-bond donors (Lipinski definition) is 1. The molecule has 0 spiro atoms. The Bertz CT molecular complexity index is 628. The lowest BCUT2D eigenvalue weighted by atomic mass is 9.84. The van der Waals surface area contributed by atoms with E-state index in [-0.39, 0.29) is 36.0 Å². The van der Waals surface area contributed by atoms with E-state index in [0.29, 0.717) is 12.8 Å². The normalized spacial score (nSPS) is 34.1. The first kappa shape index (κ1) is 18.5. The number of hydrogen-bond acceptors (Lipinski definition) is 4. The van der Waals surface area contributed by atoms with Gasteiger partial charge in [-0.3, -0.25) is 4.79 Å². The fourth-order valence-electron chi connectivity index (χ4n) is 4.84. The Kier molecular flexibility index (Phi) is 5.11. The molecule has 140 valence electrons. The zero-order chi connectivity index (χ0) is 19.0. The lowest BCUT2D eigenvalue weighted by Gasteiger charge is -2.42. The van der Waals surface area contributed by atoms with Crippen molar-refractivity contribution in [3.63, 3.8) is 0 Å². The summed E-state index contributed by atoms with van der Waals surface area (Å²) in [6, 6.07) is 0.998.